The van der Waals surface area contributed by atoms with Gasteiger partial charge in [0.15, 0.2) is 11.6 Å². The first kappa shape index (κ1) is 28.1. The summed E-state index contributed by atoms with van der Waals surface area (Å²) in [7, 11) is 0. The molecule has 204 valence electrons. The van der Waals surface area contributed by atoms with E-state index in [1.54, 1.807) is 6.07 Å². The third-order valence-electron chi connectivity index (χ3n) is 6.22. The number of aryl methyl sites for hydroxylation is 3. The van der Waals surface area contributed by atoms with E-state index in [9.17, 15) is 30.7 Å². The Hall–Kier alpha value is -3.88. The molecule has 0 amide bonds. The van der Waals surface area contributed by atoms with Crippen molar-refractivity contribution in [2.45, 2.75) is 39.0 Å². The van der Waals surface area contributed by atoms with Crippen molar-refractivity contribution in [2.75, 3.05) is 0 Å². The molecule has 0 aromatic heterocycles. The summed E-state index contributed by atoms with van der Waals surface area (Å²) in [5, 5.41) is 0.557. The van der Waals surface area contributed by atoms with Crippen LogP contribution in [0.15, 0.2) is 66.7 Å². The molecule has 4 aromatic rings. The van der Waals surface area contributed by atoms with Crippen LogP contribution in [-0.2, 0) is 19.3 Å². The van der Waals surface area contributed by atoms with Crippen LogP contribution in [0.5, 0.6) is 5.75 Å². The average Bonchev–Trinajstić information content (AvgIpc) is 2.85. The van der Waals surface area contributed by atoms with Gasteiger partial charge in [0.25, 0.3) is 0 Å². The van der Waals surface area contributed by atoms with Crippen molar-refractivity contribution < 1.29 is 39.9 Å². The molecule has 4 aromatic carbocycles. The van der Waals surface area contributed by atoms with Crippen molar-refractivity contribution in [1.29, 1.82) is 0 Å². The summed E-state index contributed by atoms with van der Waals surface area (Å²) >= 11 is 0. The summed E-state index contributed by atoms with van der Waals surface area (Å²) in [6.45, 7) is 1.86. The lowest BCUT2D eigenvalue weighted by atomic mass is 9.95. The summed E-state index contributed by atoms with van der Waals surface area (Å²) in [6, 6.07) is 11.2. The molecule has 0 saturated carbocycles. The molecule has 0 bridgehead atoms. The van der Waals surface area contributed by atoms with Gasteiger partial charge in [0.2, 0.25) is 5.75 Å². The molecule has 0 unspecified atom stereocenters. The Balaban J connectivity index is 1.56. The number of alkyl halides is 3. The molecule has 0 heterocycles. The highest BCUT2D eigenvalue weighted by atomic mass is 19.4. The second-order valence-electron chi connectivity index (χ2n) is 8.95. The Kier molecular flexibility index (Phi) is 8.28. The number of rotatable bonds is 8. The van der Waals surface area contributed by atoms with E-state index in [2.05, 4.69) is 4.74 Å². The van der Waals surface area contributed by atoms with Gasteiger partial charge in [-0.3, -0.25) is 0 Å². The average molecular weight is 550 g/mol. The Morgan fingerprint density at radius 3 is 1.95 bits per heavy atom. The maximum absolute atomic E-state index is 15.2. The Bertz CT molecular complexity index is 1490. The van der Waals surface area contributed by atoms with Gasteiger partial charge < -0.3 is 4.74 Å². The van der Waals surface area contributed by atoms with Gasteiger partial charge in [-0.1, -0.05) is 36.4 Å². The van der Waals surface area contributed by atoms with E-state index < -0.39 is 41.2 Å². The van der Waals surface area contributed by atoms with Crippen LogP contribution in [0, 0.1) is 29.1 Å². The third kappa shape index (κ3) is 6.58. The van der Waals surface area contributed by atoms with Gasteiger partial charge in [-0.2, -0.15) is 0 Å². The smallest absolute Gasteiger partial charge is 0.399 e. The van der Waals surface area contributed by atoms with Crippen LogP contribution in [0.1, 0.15) is 30.0 Å². The van der Waals surface area contributed by atoms with Gasteiger partial charge in [0.1, 0.15) is 17.5 Å². The summed E-state index contributed by atoms with van der Waals surface area (Å²) in [5.41, 5.74) is 0.726. The fourth-order valence-corrected chi connectivity index (χ4v) is 4.40. The second-order valence-corrected chi connectivity index (χ2v) is 8.95. The number of hydrogen-bond donors (Lipinski definition) is 0. The second kappa shape index (κ2) is 11.5. The van der Waals surface area contributed by atoms with Gasteiger partial charge >= 0.3 is 6.36 Å². The van der Waals surface area contributed by atoms with Crippen molar-refractivity contribution in [3.8, 4) is 16.9 Å². The number of fused-ring (bicyclic) bond motifs is 1. The third-order valence-corrected chi connectivity index (χ3v) is 6.22. The van der Waals surface area contributed by atoms with E-state index in [0.29, 0.717) is 35.9 Å². The Labute approximate surface area is 219 Å². The van der Waals surface area contributed by atoms with Crippen molar-refractivity contribution in [2.24, 2.45) is 0 Å². The van der Waals surface area contributed by atoms with Gasteiger partial charge in [0.05, 0.1) is 5.56 Å². The quantitative estimate of drug-likeness (QED) is 0.157. The van der Waals surface area contributed by atoms with Gasteiger partial charge in [-0.05, 0) is 90.6 Å². The van der Waals surface area contributed by atoms with Crippen LogP contribution in [-0.4, -0.2) is 6.36 Å². The minimum atomic E-state index is -5.26. The Morgan fingerprint density at radius 2 is 1.33 bits per heavy atom. The van der Waals surface area contributed by atoms with Crippen molar-refractivity contribution in [3.63, 3.8) is 0 Å². The molecule has 0 saturated heterocycles. The van der Waals surface area contributed by atoms with Crippen molar-refractivity contribution >= 4 is 10.8 Å². The monoisotopic (exact) mass is 550 g/mol. The lowest BCUT2D eigenvalue weighted by molar-refractivity contribution is -0.276. The van der Waals surface area contributed by atoms with E-state index in [1.165, 1.54) is 36.4 Å². The maximum atomic E-state index is 15.2. The molecule has 0 N–H and O–H groups in total. The van der Waals surface area contributed by atoms with Crippen LogP contribution in [0.25, 0.3) is 21.9 Å². The fraction of sp³-hybridized carbons (Fsp3) is 0.200. The van der Waals surface area contributed by atoms with E-state index in [0.717, 1.165) is 0 Å². The van der Waals surface area contributed by atoms with Crippen LogP contribution < -0.4 is 4.74 Å². The molecule has 9 heteroatoms. The van der Waals surface area contributed by atoms with Crippen LogP contribution in [0.2, 0.25) is 0 Å². The fourth-order valence-electron chi connectivity index (χ4n) is 4.40. The molecule has 4 rings (SSSR count). The number of halogens is 8. The van der Waals surface area contributed by atoms with E-state index in [1.807, 2.05) is 19.1 Å². The highest BCUT2D eigenvalue weighted by molar-refractivity contribution is 5.88. The standard InChI is InChI=1S/C30H22F8O/c1-2-3-4-5-17-12-23(31)27(24(32)13-17)21-10-11-22-20(16-21)9-8-19(28(22)35)7-6-18-14-25(33)29(26(34)15-18)39-30(36,37)38/h2-3,8-16H,4-7H2,1H3/b3-2+. The molecule has 0 aliphatic rings. The number of allylic oxidation sites excluding steroid dienone is 2. The summed E-state index contributed by atoms with van der Waals surface area (Å²) in [6.07, 6.45) is -0.463. The first-order valence-corrected chi connectivity index (χ1v) is 12.0. The topological polar surface area (TPSA) is 9.23 Å². The largest absolute Gasteiger partial charge is 0.573 e. The van der Waals surface area contributed by atoms with Gasteiger partial charge in [-0.15, -0.1) is 13.2 Å². The molecular formula is C30H22F8O. The molecule has 39 heavy (non-hydrogen) atoms. The van der Waals surface area contributed by atoms with Gasteiger partial charge in [0, 0.05) is 5.39 Å². The minimum Gasteiger partial charge on any atom is -0.399 e. The van der Waals surface area contributed by atoms with Crippen LogP contribution in [0.4, 0.5) is 35.1 Å². The van der Waals surface area contributed by atoms with E-state index >= 15 is 4.39 Å². The zero-order valence-corrected chi connectivity index (χ0v) is 20.6. The first-order valence-electron chi connectivity index (χ1n) is 12.0. The van der Waals surface area contributed by atoms with E-state index in [-0.39, 0.29) is 40.5 Å². The van der Waals surface area contributed by atoms with Crippen molar-refractivity contribution in [3.05, 3.63) is 113 Å². The molecule has 1 nitrogen and oxygen atoms in total. The molecule has 0 spiro atoms. The van der Waals surface area contributed by atoms with Crippen LogP contribution in [0.3, 0.4) is 0 Å². The lowest BCUT2D eigenvalue weighted by Gasteiger charge is -2.13. The highest BCUT2D eigenvalue weighted by Crippen LogP contribution is 2.33. The normalized spacial score (nSPS) is 12.0. The summed E-state index contributed by atoms with van der Waals surface area (Å²) < 4.78 is 113. The molecule has 0 radical (unpaired) electrons. The molecule has 0 atom stereocenters. The minimum absolute atomic E-state index is 0.00878. The molecule has 0 aliphatic heterocycles. The SMILES string of the molecule is C/C=C/CCc1cc(F)c(-c2ccc3c(F)c(CCc4cc(F)c(OC(F)(F)F)c(F)c4)ccc3c2)c(F)c1. The summed E-state index contributed by atoms with van der Waals surface area (Å²) in [5.74, 6) is -6.70. The zero-order valence-electron chi connectivity index (χ0n) is 20.6. The predicted molar refractivity (Wildman–Crippen MR) is 133 cm³/mol. The predicted octanol–water partition coefficient (Wildman–Crippen LogP) is 9.39. The summed E-state index contributed by atoms with van der Waals surface area (Å²) in [4.78, 5) is 0. The maximum Gasteiger partial charge on any atom is 0.573 e. The molecule has 0 fully saturated rings. The molecular weight excluding hydrogens is 528 g/mol. The number of benzene rings is 4. The van der Waals surface area contributed by atoms with Crippen molar-refractivity contribution in [1.82, 2.24) is 0 Å². The van der Waals surface area contributed by atoms with Crippen LogP contribution >= 0.6 is 0 Å². The Morgan fingerprint density at radius 1 is 0.718 bits per heavy atom. The molecule has 0 aliphatic carbocycles. The zero-order chi connectivity index (χ0) is 28.3. The van der Waals surface area contributed by atoms with Gasteiger partial charge in [-0.25, -0.2) is 22.0 Å². The number of hydrogen-bond acceptors (Lipinski definition) is 1. The highest BCUT2D eigenvalue weighted by Gasteiger charge is 2.34. The lowest BCUT2D eigenvalue weighted by Crippen LogP contribution is -2.19. The first-order chi connectivity index (χ1) is 18.5. The van der Waals surface area contributed by atoms with E-state index in [4.69, 9.17) is 0 Å². The number of ether oxygens (including phenoxy) is 1.